The van der Waals surface area contributed by atoms with E-state index in [-0.39, 0.29) is 6.54 Å². The molecule has 0 unspecified atom stereocenters. The van der Waals surface area contributed by atoms with Gasteiger partial charge < -0.3 is 10.3 Å². The van der Waals surface area contributed by atoms with Gasteiger partial charge in [-0.1, -0.05) is 5.16 Å². The zero-order chi connectivity index (χ0) is 9.14. The second-order valence-corrected chi connectivity index (χ2v) is 2.84. The molecule has 0 fully saturated rings. The van der Waals surface area contributed by atoms with Crippen molar-refractivity contribution in [2.45, 2.75) is 26.4 Å². The van der Waals surface area contributed by atoms with Crippen molar-refractivity contribution in [2.24, 2.45) is 5.73 Å². The molecule has 0 amide bonds. The Morgan fingerprint density at radius 1 is 1.58 bits per heavy atom. The molecule has 1 atom stereocenters. The third kappa shape index (κ3) is 1.82. The SMILES string of the molecule is Cc1noc(C)c1C[C@@H](F)CN. The molecule has 0 saturated carbocycles. The van der Waals surface area contributed by atoms with E-state index in [2.05, 4.69) is 5.16 Å². The topological polar surface area (TPSA) is 52.0 Å². The van der Waals surface area contributed by atoms with Crippen LogP contribution in [0.3, 0.4) is 0 Å². The van der Waals surface area contributed by atoms with Gasteiger partial charge in [0.25, 0.3) is 0 Å². The quantitative estimate of drug-likeness (QED) is 0.743. The van der Waals surface area contributed by atoms with Crippen molar-refractivity contribution in [3.05, 3.63) is 17.0 Å². The van der Waals surface area contributed by atoms with Crippen molar-refractivity contribution in [1.29, 1.82) is 0 Å². The fraction of sp³-hybridized carbons (Fsp3) is 0.625. The number of halogens is 1. The lowest BCUT2D eigenvalue weighted by molar-refractivity contribution is 0.337. The molecule has 3 nitrogen and oxygen atoms in total. The van der Waals surface area contributed by atoms with Crippen LogP contribution in [0.15, 0.2) is 4.52 Å². The van der Waals surface area contributed by atoms with E-state index in [1.807, 2.05) is 0 Å². The van der Waals surface area contributed by atoms with Gasteiger partial charge in [-0.3, -0.25) is 0 Å². The monoisotopic (exact) mass is 172 g/mol. The molecule has 2 N–H and O–H groups in total. The molecule has 0 saturated heterocycles. The van der Waals surface area contributed by atoms with Gasteiger partial charge in [0.2, 0.25) is 0 Å². The molecule has 0 aromatic carbocycles. The van der Waals surface area contributed by atoms with Gasteiger partial charge in [-0.25, -0.2) is 4.39 Å². The third-order valence-corrected chi connectivity index (χ3v) is 1.86. The number of nitrogens with two attached hydrogens (primary N) is 1. The fourth-order valence-corrected chi connectivity index (χ4v) is 1.10. The van der Waals surface area contributed by atoms with E-state index in [1.54, 1.807) is 13.8 Å². The van der Waals surface area contributed by atoms with Crippen molar-refractivity contribution in [2.75, 3.05) is 6.54 Å². The molecule has 0 aliphatic carbocycles. The van der Waals surface area contributed by atoms with Crippen LogP contribution in [0, 0.1) is 13.8 Å². The minimum Gasteiger partial charge on any atom is -0.361 e. The Morgan fingerprint density at radius 2 is 2.25 bits per heavy atom. The summed E-state index contributed by atoms with van der Waals surface area (Å²) in [5.41, 5.74) is 6.76. The van der Waals surface area contributed by atoms with E-state index in [0.29, 0.717) is 12.2 Å². The molecule has 1 heterocycles. The normalized spacial score (nSPS) is 13.3. The maximum Gasteiger partial charge on any atom is 0.137 e. The lowest BCUT2D eigenvalue weighted by atomic mass is 10.1. The molecular weight excluding hydrogens is 159 g/mol. The van der Waals surface area contributed by atoms with Gasteiger partial charge in [0.1, 0.15) is 11.9 Å². The third-order valence-electron chi connectivity index (χ3n) is 1.86. The van der Waals surface area contributed by atoms with Crippen LogP contribution >= 0.6 is 0 Å². The van der Waals surface area contributed by atoms with Gasteiger partial charge in [0.05, 0.1) is 5.69 Å². The van der Waals surface area contributed by atoms with E-state index in [1.165, 1.54) is 0 Å². The molecular formula is C8H13FN2O. The van der Waals surface area contributed by atoms with Crippen LogP contribution in [0.4, 0.5) is 4.39 Å². The number of aromatic nitrogens is 1. The number of nitrogens with zero attached hydrogens (tertiary/aromatic N) is 1. The average Bonchev–Trinajstić information content (AvgIpc) is 2.35. The Labute approximate surface area is 70.7 Å². The maximum atomic E-state index is 12.9. The zero-order valence-corrected chi connectivity index (χ0v) is 7.30. The van der Waals surface area contributed by atoms with Gasteiger partial charge in [0.15, 0.2) is 0 Å². The van der Waals surface area contributed by atoms with Gasteiger partial charge in [0, 0.05) is 18.5 Å². The highest BCUT2D eigenvalue weighted by atomic mass is 19.1. The highest BCUT2D eigenvalue weighted by Crippen LogP contribution is 2.15. The van der Waals surface area contributed by atoms with Gasteiger partial charge in [-0.05, 0) is 13.8 Å². The van der Waals surface area contributed by atoms with Crippen molar-refractivity contribution >= 4 is 0 Å². The summed E-state index contributed by atoms with van der Waals surface area (Å²) in [6.07, 6.45) is -0.695. The summed E-state index contributed by atoms with van der Waals surface area (Å²) in [7, 11) is 0. The first-order chi connectivity index (χ1) is 5.65. The van der Waals surface area contributed by atoms with Crippen LogP contribution < -0.4 is 5.73 Å². The number of rotatable bonds is 3. The summed E-state index contributed by atoms with van der Waals surface area (Å²) in [5.74, 6) is 0.684. The zero-order valence-electron chi connectivity index (χ0n) is 7.30. The first-order valence-corrected chi connectivity index (χ1v) is 3.91. The molecule has 0 radical (unpaired) electrons. The highest BCUT2D eigenvalue weighted by Gasteiger charge is 2.13. The van der Waals surface area contributed by atoms with Crippen LogP contribution in [0.25, 0.3) is 0 Å². The number of alkyl halides is 1. The maximum absolute atomic E-state index is 12.9. The minimum atomic E-state index is -0.998. The summed E-state index contributed by atoms with van der Waals surface area (Å²) in [6, 6.07) is 0. The molecule has 1 aromatic rings. The molecule has 0 spiro atoms. The number of hydrogen-bond donors (Lipinski definition) is 1. The van der Waals surface area contributed by atoms with Crippen molar-refractivity contribution < 1.29 is 8.91 Å². The Hall–Kier alpha value is -0.900. The van der Waals surface area contributed by atoms with E-state index in [0.717, 1.165) is 11.3 Å². The van der Waals surface area contributed by atoms with Gasteiger partial charge in [-0.15, -0.1) is 0 Å². The van der Waals surface area contributed by atoms with E-state index < -0.39 is 6.17 Å². The Morgan fingerprint density at radius 3 is 2.67 bits per heavy atom. The Bertz CT molecular complexity index is 240. The summed E-state index contributed by atoms with van der Waals surface area (Å²) in [5, 5.41) is 3.72. The van der Waals surface area contributed by atoms with Crippen LogP contribution in [0.5, 0.6) is 0 Å². The van der Waals surface area contributed by atoms with Crippen LogP contribution in [-0.2, 0) is 6.42 Å². The predicted molar refractivity (Wildman–Crippen MR) is 43.6 cm³/mol. The second kappa shape index (κ2) is 3.67. The van der Waals surface area contributed by atoms with Crippen LogP contribution in [0.1, 0.15) is 17.0 Å². The molecule has 1 rings (SSSR count). The van der Waals surface area contributed by atoms with Gasteiger partial charge >= 0.3 is 0 Å². The molecule has 12 heavy (non-hydrogen) atoms. The molecule has 68 valence electrons. The largest absolute Gasteiger partial charge is 0.361 e. The number of aryl methyl sites for hydroxylation is 2. The summed E-state index contributed by atoms with van der Waals surface area (Å²) >= 11 is 0. The van der Waals surface area contributed by atoms with Crippen molar-refractivity contribution in [3.63, 3.8) is 0 Å². The molecule has 0 aliphatic heterocycles. The smallest absolute Gasteiger partial charge is 0.137 e. The van der Waals surface area contributed by atoms with Crippen molar-refractivity contribution in [3.8, 4) is 0 Å². The minimum absolute atomic E-state index is 0.0457. The summed E-state index contributed by atoms with van der Waals surface area (Å²) in [6.45, 7) is 3.62. The van der Waals surface area contributed by atoms with E-state index in [4.69, 9.17) is 10.3 Å². The van der Waals surface area contributed by atoms with E-state index >= 15 is 0 Å². The fourth-order valence-electron chi connectivity index (χ4n) is 1.10. The second-order valence-electron chi connectivity index (χ2n) is 2.84. The first kappa shape index (κ1) is 9.19. The van der Waals surface area contributed by atoms with E-state index in [9.17, 15) is 4.39 Å². The summed E-state index contributed by atoms with van der Waals surface area (Å²) in [4.78, 5) is 0. The molecule has 0 aliphatic rings. The van der Waals surface area contributed by atoms with Gasteiger partial charge in [-0.2, -0.15) is 0 Å². The standard InChI is InChI=1S/C8H13FN2O/c1-5-8(3-7(9)4-10)6(2)12-11-5/h7H,3-4,10H2,1-2H3/t7-/m1/s1. The first-order valence-electron chi connectivity index (χ1n) is 3.91. The van der Waals surface area contributed by atoms with Crippen LogP contribution in [-0.4, -0.2) is 17.9 Å². The van der Waals surface area contributed by atoms with Crippen LogP contribution in [0.2, 0.25) is 0 Å². The molecule has 0 bridgehead atoms. The lowest BCUT2D eigenvalue weighted by Crippen LogP contribution is -2.18. The predicted octanol–water partition coefficient (Wildman–Crippen LogP) is 1.13. The Kier molecular flexibility index (Phi) is 2.81. The number of hydrogen-bond acceptors (Lipinski definition) is 3. The average molecular weight is 172 g/mol. The highest BCUT2D eigenvalue weighted by molar-refractivity contribution is 5.21. The van der Waals surface area contributed by atoms with Crippen molar-refractivity contribution in [1.82, 2.24) is 5.16 Å². The Balaban J connectivity index is 2.73. The molecule has 1 aromatic heterocycles. The summed E-state index contributed by atoms with van der Waals surface area (Å²) < 4.78 is 17.7. The molecule has 4 heteroatoms. The lowest BCUT2D eigenvalue weighted by Gasteiger charge is -2.03.